The number of thiocarbonyl (C=S) groups is 2. The minimum absolute atomic E-state index is 0.0192. The third-order valence-electron chi connectivity index (χ3n) is 5.92. The number of rotatable bonds is 8. The van der Waals surface area contributed by atoms with E-state index in [1.54, 1.807) is 0 Å². The van der Waals surface area contributed by atoms with Gasteiger partial charge < -0.3 is 10.2 Å². The number of phenolic OH excluding ortho intramolecular Hbond substituents is 2. The monoisotopic (exact) mass is 674 g/mol. The largest absolute Gasteiger partial charge is 0.508 e. The molecule has 2 aliphatic heterocycles. The molecular formula is C26H22N6O8S4. The van der Waals surface area contributed by atoms with Crippen molar-refractivity contribution in [1.29, 1.82) is 0 Å². The molecule has 2 fully saturated rings. The van der Waals surface area contributed by atoms with Crippen LogP contribution in [0.2, 0.25) is 0 Å². The first-order chi connectivity index (χ1) is 20.9. The highest BCUT2D eigenvalue weighted by Gasteiger charge is 2.42. The number of thioether (sulfide) groups is 2. The summed E-state index contributed by atoms with van der Waals surface area (Å²) in [6.07, 6.45) is -0.427. The van der Waals surface area contributed by atoms with Crippen molar-refractivity contribution in [1.82, 2.24) is 31.5 Å². The molecule has 0 atom stereocenters. The number of nitrogens with one attached hydrogen (secondary N) is 4. The van der Waals surface area contributed by atoms with E-state index in [4.69, 9.17) is 24.4 Å². The minimum Gasteiger partial charge on any atom is -0.508 e. The number of hydrogen-bond donors (Lipinski definition) is 6. The number of amides is 6. The number of aromatic hydroxyl groups is 2. The molecule has 6 N–H and O–H groups in total. The molecule has 0 unspecified atom stereocenters. The Labute approximate surface area is 268 Å². The molecule has 0 radical (unpaired) electrons. The third kappa shape index (κ3) is 7.90. The predicted molar refractivity (Wildman–Crippen MR) is 167 cm³/mol. The highest BCUT2D eigenvalue weighted by Crippen LogP contribution is 2.42. The molecule has 18 heteroatoms. The number of nitrogens with zero attached hydrogens (tertiary/aromatic N) is 2. The molecule has 0 aliphatic carbocycles. The van der Waals surface area contributed by atoms with Crippen LogP contribution in [-0.2, 0) is 19.2 Å². The van der Waals surface area contributed by atoms with Gasteiger partial charge in [0.1, 0.15) is 20.1 Å². The molecular weight excluding hydrogens is 653 g/mol. The lowest BCUT2D eigenvalue weighted by molar-refractivity contribution is -0.126. The van der Waals surface area contributed by atoms with Crippen LogP contribution >= 0.6 is 48.0 Å². The Bertz CT molecular complexity index is 1480. The molecule has 2 aliphatic rings. The molecule has 2 saturated heterocycles. The zero-order chi connectivity index (χ0) is 32.0. The van der Waals surface area contributed by atoms with Crippen LogP contribution in [0.4, 0.5) is 0 Å². The first-order valence-corrected chi connectivity index (χ1v) is 15.0. The van der Waals surface area contributed by atoms with Gasteiger partial charge in [0.15, 0.2) is 0 Å². The van der Waals surface area contributed by atoms with Crippen LogP contribution in [0.25, 0.3) is 0 Å². The van der Waals surface area contributed by atoms with Gasteiger partial charge in [-0.3, -0.25) is 60.3 Å². The quantitative estimate of drug-likeness (QED) is 0.132. The van der Waals surface area contributed by atoms with Crippen LogP contribution in [-0.4, -0.2) is 77.2 Å². The van der Waals surface area contributed by atoms with Gasteiger partial charge in [-0.1, -0.05) is 48.0 Å². The maximum absolute atomic E-state index is 13.1. The second kappa shape index (κ2) is 14.3. The van der Waals surface area contributed by atoms with E-state index in [-0.39, 0.29) is 67.0 Å². The third-order valence-corrected chi connectivity index (χ3v) is 8.95. The van der Waals surface area contributed by atoms with E-state index < -0.39 is 35.4 Å². The second-order valence-electron chi connectivity index (χ2n) is 8.91. The van der Waals surface area contributed by atoms with E-state index in [0.29, 0.717) is 0 Å². The summed E-state index contributed by atoms with van der Waals surface area (Å²) in [5.74, 6) is -3.63. The molecule has 44 heavy (non-hydrogen) atoms. The van der Waals surface area contributed by atoms with Gasteiger partial charge in [0.25, 0.3) is 23.6 Å². The Balaban J connectivity index is 1.26. The van der Waals surface area contributed by atoms with Crippen molar-refractivity contribution in [2.24, 2.45) is 0 Å². The summed E-state index contributed by atoms with van der Waals surface area (Å²) in [4.78, 5) is 77.3. The summed E-state index contributed by atoms with van der Waals surface area (Å²) >= 11 is 12.3. The molecule has 0 spiro atoms. The van der Waals surface area contributed by atoms with Gasteiger partial charge in [0, 0.05) is 37.1 Å². The molecule has 2 heterocycles. The van der Waals surface area contributed by atoms with E-state index in [2.05, 4.69) is 21.7 Å². The number of benzene rings is 2. The van der Waals surface area contributed by atoms with Crippen molar-refractivity contribution in [3.63, 3.8) is 0 Å². The Hall–Kier alpha value is -4.52. The second-order valence-corrected chi connectivity index (χ2v) is 12.2. The van der Waals surface area contributed by atoms with E-state index in [1.807, 2.05) is 0 Å². The predicted octanol–water partition coefficient (Wildman–Crippen LogP) is 1.03. The van der Waals surface area contributed by atoms with Gasteiger partial charge in [-0.15, -0.1) is 0 Å². The molecule has 2 aromatic rings. The van der Waals surface area contributed by atoms with Gasteiger partial charge in [0.2, 0.25) is 11.8 Å². The standard InChI is InChI=1S/C26H22N6O8S4/c33-15-5-1-13(2-6-15)21(37)29-27-17(35)9-11-31-23(39)19(43-25(31)41)20-24(40)32(26(42)44-20)12-10-18(36)28-30-22(38)14-3-7-16(34)8-4-14/h1-8,33-34H,9-12H2,(H,27,35)(H,28,36)(H,29,37)(H,30,38)/b20-19+. The van der Waals surface area contributed by atoms with E-state index in [1.165, 1.54) is 48.5 Å². The summed E-state index contributed by atoms with van der Waals surface area (Å²) < 4.78 is 0.250. The normalized spacial score (nSPS) is 16.3. The number of phenols is 2. The smallest absolute Gasteiger partial charge is 0.269 e. The average molecular weight is 675 g/mol. The van der Waals surface area contributed by atoms with Crippen molar-refractivity contribution >= 4 is 92.0 Å². The van der Waals surface area contributed by atoms with Crippen molar-refractivity contribution in [2.45, 2.75) is 12.8 Å². The van der Waals surface area contributed by atoms with Gasteiger partial charge >= 0.3 is 0 Å². The fourth-order valence-corrected chi connectivity index (χ4v) is 6.40. The lowest BCUT2D eigenvalue weighted by Gasteiger charge is -2.15. The van der Waals surface area contributed by atoms with Gasteiger partial charge in [-0.05, 0) is 48.5 Å². The topological polar surface area (TPSA) is 197 Å². The first kappa shape index (κ1) is 32.4. The fourth-order valence-electron chi connectivity index (χ4n) is 3.63. The molecule has 2 aromatic carbocycles. The molecule has 0 saturated carbocycles. The zero-order valence-electron chi connectivity index (χ0n) is 22.3. The van der Waals surface area contributed by atoms with Crippen LogP contribution in [0.1, 0.15) is 33.6 Å². The lowest BCUT2D eigenvalue weighted by atomic mass is 10.2. The first-order valence-electron chi connectivity index (χ1n) is 12.5. The van der Waals surface area contributed by atoms with Gasteiger partial charge in [-0.2, -0.15) is 0 Å². The fraction of sp³-hybridized carbons (Fsp3) is 0.154. The highest BCUT2D eigenvalue weighted by molar-refractivity contribution is 8.29. The summed E-state index contributed by atoms with van der Waals surface area (Å²) in [6, 6.07) is 10.8. The van der Waals surface area contributed by atoms with Crippen molar-refractivity contribution in [3.8, 4) is 11.5 Å². The molecule has 0 aromatic heterocycles. The molecule has 0 bridgehead atoms. The van der Waals surface area contributed by atoms with Crippen LogP contribution in [0, 0.1) is 0 Å². The van der Waals surface area contributed by atoms with E-state index >= 15 is 0 Å². The van der Waals surface area contributed by atoms with Crippen molar-refractivity contribution in [3.05, 3.63) is 69.5 Å². The maximum atomic E-state index is 13.1. The Kier molecular flexibility index (Phi) is 10.5. The maximum Gasteiger partial charge on any atom is 0.269 e. The van der Waals surface area contributed by atoms with Crippen molar-refractivity contribution < 1.29 is 39.0 Å². The minimum atomic E-state index is -0.609. The van der Waals surface area contributed by atoms with Crippen LogP contribution < -0.4 is 21.7 Å². The van der Waals surface area contributed by atoms with Crippen LogP contribution in [0.3, 0.4) is 0 Å². The van der Waals surface area contributed by atoms with Crippen LogP contribution in [0.15, 0.2) is 58.3 Å². The number of hydrogen-bond acceptors (Lipinski definition) is 12. The van der Waals surface area contributed by atoms with Gasteiger partial charge in [-0.25, -0.2) is 0 Å². The molecule has 4 rings (SSSR count). The van der Waals surface area contributed by atoms with Gasteiger partial charge in [0.05, 0.1) is 9.81 Å². The highest BCUT2D eigenvalue weighted by atomic mass is 32.2. The van der Waals surface area contributed by atoms with Crippen LogP contribution in [0.5, 0.6) is 11.5 Å². The summed E-state index contributed by atoms with van der Waals surface area (Å²) in [5, 5.41) is 18.6. The van der Waals surface area contributed by atoms with E-state index in [9.17, 15) is 39.0 Å². The van der Waals surface area contributed by atoms with Crippen molar-refractivity contribution in [2.75, 3.05) is 13.1 Å². The summed E-state index contributed by atoms with van der Waals surface area (Å²) in [5.41, 5.74) is 9.34. The number of carbonyl (C=O) groups is 6. The number of carbonyl (C=O) groups excluding carboxylic acids is 6. The average Bonchev–Trinajstić information content (AvgIpc) is 3.44. The number of hydrazine groups is 2. The lowest BCUT2D eigenvalue weighted by Crippen LogP contribution is -2.43. The zero-order valence-corrected chi connectivity index (χ0v) is 25.6. The Morgan fingerprint density at radius 3 is 1.30 bits per heavy atom. The Morgan fingerprint density at radius 2 is 0.955 bits per heavy atom. The summed E-state index contributed by atoms with van der Waals surface area (Å²) in [7, 11) is 0. The van der Waals surface area contributed by atoms with E-state index in [0.717, 1.165) is 33.3 Å². The molecule has 14 nitrogen and oxygen atoms in total. The molecule has 6 amide bonds. The Morgan fingerprint density at radius 1 is 0.614 bits per heavy atom. The molecule has 228 valence electrons. The SMILES string of the molecule is O=C(CCN1C(=O)/C(=C2\SC(=S)N(CCC(=O)NNC(=O)c3ccc(O)cc3)C2=O)SC1=S)NNC(=O)c1ccc(O)cc1. The summed E-state index contributed by atoms with van der Waals surface area (Å²) in [6.45, 7) is -0.239.